The topological polar surface area (TPSA) is 90.4 Å². The molecule has 5 rings (SSSR count). The number of aryl methyl sites for hydroxylation is 2. The molecule has 0 aliphatic carbocycles. The molecule has 3 aliphatic rings. The van der Waals surface area contributed by atoms with E-state index in [1.165, 1.54) is 0 Å². The minimum absolute atomic E-state index is 0.125. The summed E-state index contributed by atoms with van der Waals surface area (Å²) >= 11 is 0. The number of carbonyl (C=O) groups excluding carboxylic acids is 3. The molecule has 8 nitrogen and oxygen atoms in total. The molecule has 3 saturated heterocycles. The van der Waals surface area contributed by atoms with E-state index in [0.29, 0.717) is 38.8 Å². The Bertz CT molecular complexity index is 1440. The average molecular weight is 614 g/mol. The minimum atomic E-state index is -1.12. The Labute approximate surface area is 267 Å². The van der Waals surface area contributed by atoms with E-state index in [-0.39, 0.29) is 30.9 Å². The summed E-state index contributed by atoms with van der Waals surface area (Å²) < 4.78 is 6.92. The minimum Gasteiger partial charge on any atom is -0.396 e. The zero-order valence-electron chi connectivity index (χ0n) is 26.9. The SMILES string of the molecule is C=CCN(C(=O)[C@H]1[C@H]2C(=O)N(CCCCCCO)C(C(=O)N(CC=C)c3cc(C)ccc3C)C23CC[C@]1(C)O3)c1ccccc1. The third-order valence-corrected chi connectivity index (χ3v) is 9.96. The van der Waals surface area contributed by atoms with Crippen LogP contribution < -0.4 is 9.80 Å². The first-order chi connectivity index (χ1) is 21.6. The number of nitrogens with zero attached hydrogens (tertiary/aromatic N) is 3. The summed E-state index contributed by atoms with van der Waals surface area (Å²) in [5, 5.41) is 9.26. The van der Waals surface area contributed by atoms with Gasteiger partial charge in [0.15, 0.2) is 0 Å². The van der Waals surface area contributed by atoms with E-state index < -0.39 is 29.1 Å². The van der Waals surface area contributed by atoms with E-state index in [9.17, 15) is 19.5 Å². The summed E-state index contributed by atoms with van der Waals surface area (Å²) in [5.41, 5.74) is 1.47. The second kappa shape index (κ2) is 13.3. The van der Waals surface area contributed by atoms with Crippen molar-refractivity contribution in [2.75, 3.05) is 36.0 Å². The van der Waals surface area contributed by atoms with Gasteiger partial charge in [-0.1, -0.05) is 55.3 Å². The van der Waals surface area contributed by atoms with Crippen molar-refractivity contribution in [1.29, 1.82) is 0 Å². The third-order valence-electron chi connectivity index (χ3n) is 9.96. The van der Waals surface area contributed by atoms with Gasteiger partial charge in [0.2, 0.25) is 11.8 Å². The van der Waals surface area contributed by atoms with Crippen LogP contribution in [0.25, 0.3) is 0 Å². The molecule has 2 aromatic rings. The van der Waals surface area contributed by atoms with Crippen molar-refractivity contribution in [3.05, 3.63) is 85.0 Å². The molecule has 2 bridgehead atoms. The summed E-state index contributed by atoms with van der Waals surface area (Å²) in [6.45, 7) is 14.8. The van der Waals surface area contributed by atoms with Crippen molar-refractivity contribution in [3.63, 3.8) is 0 Å². The van der Waals surface area contributed by atoms with Crippen LogP contribution in [0.1, 0.15) is 56.6 Å². The zero-order valence-corrected chi connectivity index (χ0v) is 26.9. The number of anilines is 2. The van der Waals surface area contributed by atoms with Crippen molar-refractivity contribution in [2.24, 2.45) is 11.8 Å². The van der Waals surface area contributed by atoms with Crippen molar-refractivity contribution in [3.8, 4) is 0 Å². The van der Waals surface area contributed by atoms with Crippen LogP contribution in [0.2, 0.25) is 0 Å². The zero-order chi connectivity index (χ0) is 32.4. The van der Waals surface area contributed by atoms with E-state index in [4.69, 9.17) is 4.74 Å². The van der Waals surface area contributed by atoms with Gasteiger partial charge in [-0.25, -0.2) is 0 Å². The first-order valence-electron chi connectivity index (χ1n) is 16.2. The molecule has 3 aliphatic heterocycles. The largest absolute Gasteiger partial charge is 0.396 e. The Kier molecular flexibility index (Phi) is 9.65. The van der Waals surface area contributed by atoms with Gasteiger partial charge in [-0.15, -0.1) is 13.2 Å². The molecular weight excluding hydrogens is 566 g/mol. The van der Waals surface area contributed by atoms with E-state index in [1.54, 1.807) is 26.9 Å². The summed E-state index contributed by atoms with van der Waals surface area (Å²) in [5.74, 6) is -2.11. The number of hydrogen-bond donors (Lipinski definition) is 1. The van der Waals surface area contributed by atoms with Gasteiger partial charge in [-0.2, -0.15) is 0 Å². The van der Waals surface area contributed by atoms with Crippen molar-refractivity contribution >= 4 is 29.1 Å². The predicted octanol–water partition coefficient (Wildman–Crippen LogP) is 5.36. The Balaban J connectivity index is 1.57. The number of unbranched alkanes of at least 4 members (excludes halogenated alkanes) is 3. The van der Waals surface area contributed by atoms with Gasteiger partial charge in [-0.05, 0) is 75.8 Å². The fourth-order valence-electron chi connectivity index (χ4n) is 7.89. The number of aliphatic hydroxyl groups is 1. The van der Waals surface area contributed by atoms with Gasteiger partial charge in [0, 0.05) is 37.6 Å². The molecule has 3 heterocycles. The maximum atomic E-state index is 14.9. The number of para-hydroxylation sites is 1. The highest BCUT2D eigenvalue weighted by Gasteiger charge is 2.78. The van der Waals surface area contributed by atoms with Gasteiger partial charge in [0.05, 0.1) is 17.4 Å². The molecule has 2 aromatic carbocycles. The quantitative estimate of drug-likeness (QED) is 0.229. The van der Waals surface area contributed by atoms with Crippen LogP contribution in [0.3, 0.4) is 0 Å². The number of amides is 3. The first-order valence-corrected chi connectivity index (χ1v) is 16.2. The maximum Gasteiger partial charge on any atom is 0.253 e. The molecule has 2 unspecified atom stereocenters. The first kappa shape index (κ1) is 32.6. The van der Waals surface area contributed by atoms with Crippen molar-refractivity contribution in [1.82, 2.24) is 4.90 Å². The second-order valence-electron chi connectivity index (χ2n) is 13.0. The highest BCUT2D eigenvalue weighted by molar-refractivity contribution is 6.07. The number of ether oxygens (including phenoxy) is 1. The van der Waals surface area contributed by atoms with Gasteiger partial charge in [-0.3, -0.25) is 14.4 Å². The van der Waals surface area contributed by atoms with Gasteiger partial charge in [0.25, 0.3) is 5.91 Å². The lowest BCUT2D eigenvalue weighted by Gasteiger charge is -2.37. The number of benzene rings is 2. The number of hydrogen-bond acceptors (Lipinski definition) is 5. The molecule has 3 fully saturated rings. The summed E-state index contributed by atoms with van der Waals surface area (Å²) in [6, 6.07) is 14.6. The molecule has 1 spiro atoms. The predicted molar refractivity (Wildman–Crippen MR) is 177 cm³/mol. The lowest BCUT2D eigenvalue weighted by atomic mass is 9.66. The van der Waals surface area contributed by atoms with Crippen LogP contribution in [0.15, 0.2) is 73.8 Å². The molecule has 0 radical (unpaired) electrons. The Hall–Kier alpha value is -3.75. The van der Waals surface area contributed by atoms with Crippen LogP contribution in [-0.4, -0.2) is 71.2 Å². The van der Waals surface area contributed by atoms with Crippen LogP contribution in [0.4, 0.5) is 11.4 Å². The third kappa shape index (κ3) is 5.74. The lowest BCUT2D eigenvalue weighted by molar-refractivity contribution is -0.144. The average Bonchev–Trinajstić information content (AvgIpc) is 3.60. The number of likely N-dealkylation sites (tertiary alicyclic amines) is 1. The molecule has 0 saturated carbocycles. The summed E-state index contributed by atoms with van der Waals surface area (Å²) in [4.78, 5) is 49.2. The van der Waals surface area contributed by atoms with Gasteiger partial charge < -0.3 is 24.5 Å². The fraction of sp³-hybridized carbons (Fsp3) is 0.486. The van der Waals surface area contributed by atoms with Crippen LogP contribution in [0, 0.1) is 25.7 Å². The van der Waals surface area contributed by atoms with Crippen molar-refractivity contribution in [2.45, 2.75) is 76.5 Å². The number of rotatable bonds is 14. The molecule has 5 atom stereocenters. The van der Waals surface area contributed by atoms with Gasteiger partial charge >= 0.3 is 0 Å². The summed E-state index contributed by atoms with van der Waals surface area (Å²) in [6.07, 6.45) is 7.52. The number of fused-ring (bicyclic) bond motifs is 1. The Morgan fingerprint density at radius 3 is 2.36 bits per heavy atom. The van der Waals surface area contributed by atoms with Gasteiger partial charge in [0.1, 0.15) is 11.6 Å². The maximum absolute atomic E-state index is 14.9. The highest BCUT2D eigenvalue weighted by Crippen LogP contribution is 2.63. The molecule has 3 amide bonds. The normalized spacial score (nSPS) is 26.5. The molecule has 8 heteroatoms. The van der Waals surface area contributed by atoms with Crippen LogP contribution in [0.5, 0.6) is 0 Å². The standard InChI is InChI=1S/C37H47N3O5/c1-6-21-38(28-15-11-10-12-16-28)33(42)30-31-34(43)40(23-13-8-9-14-24-41)32(37(31)20-19-36(30,5)45-37)35(44)39(22-7-2)29-25-26(3)17-18-27(29)4/h6-7,10-12,15-18,25,30-32,41H,1-2,8-9,13-14,19-24H2,3-5H3/t30-,31+,32?,36+,37?/m1/s1. The molecule has 240 valence electrons. The van der Waals surface area contributed by atoms with E-state index in [1.807, 2.05) is 69.3 Å². The van der Waals surface area contributed by atoms with Crippen LogP contribution >= 0.6 is 0 Å². The molecular formula is C37H47N3O5. The van der Waals surface area contributed by atoms with E-state index in [2.05, 4.69) is 13.2 Å². The Morgan fingerprint density at radius 1 is 0.978 bits per heavy atom. The molecule has 45 heavy (non-hydrogen) atoms. The lowest BCUT2D eigenvalue weighted by Crippen LogP contribution is -2.56. The monoisotopic (exact) mass is 613 g/mol. The summed E-state index contributed by atoms with van der Waals surface area (Å²) in [7, 11) is 0. The number of carbonyl (C=O) groups is 3. The highest BCUT2D eigenvalue weighted by atomic mass is 16.5. The smallest absolute Gasteiger partial charge is 0.253 e. The Morgan fingerprint density at radius 2 is 1.67 bits per heavy atom. The van der Waals surface area contributed by atoms with Crippen molar-refractivity contribution < 1.29 is 24.2 Å². The molecule has 0 aromatic heterocycles. The molecule has 1 N–H and O–H groups in total. The van der Waals surface area contributed by atoms with E-state index >= 15 is 0 Å². The fourth-order valence-corrected chi connectivity index (χ4v) is 7.89. The van der Waals surface area contributed by atoms with E-state index in [0.717, 1.165) is 35.3 Å². The van der Waals surface area contributed by atoms with Crippen LogP contribution in [-0.2, 0) is 19.1 Å². The second-order valence-corrected chi connectivity index (χ2v) is 13.0. The number of aliphatic hydroxyl groups excluding tert-OH is 1.